The molecule has 1 amide bonds. The van der Waals surface area contributed by atoms with E-state index in [1.165, 1.54) is 0 Å². The lowest BCUT2D eigenvalue weighted by Crippen LogP contribution is -2.49. The lowest BCUT2D eigenvalue weighted by molar-refractivity contribution is -0.153. The maximum atomic E-state index is 12.2. The van der Waals surface area contributed by atoms with Crippen LogP contribution in [0.5, 0.6) is 5.75 Å². The number of benzene rings is 1. The van der Waals surface area contributed by atoms with Crippen LogP contribution >= 0.6 is 0 Å². The normalized spacial score (nSPS) is 21.9. The Morgan fingerprint density at radius 2 is 2.19 bits per heavy atom. The molecule has 1 aliphatic heterocycles. The minimum absolute atomic E-state index is 0.0564. The number of piperidine rings is 1. The average molecular weight is 291 g/mol. The number of carbonyl (C=O) groups is 2. The van der Waals surface area contributed by atoms with Crippen LogP contribution in [0.2, 0.25) is 0 Å². The lowest BCUT2D eigenvalue weighted by Gasteiger charge is -2.37. The zero-order valence-corrected chi connectivity index (χ0v) is 12.5. The van der Waals surface area contributed by atoms with Gasteiger partial charge in [-0.05, 0) is 44.4 Å². The fourth-order valence-corrected chi connectivity index (χ4v) is 2.57. The van der Waals surface area contributed by atoms with Crippen LogP contribution in [0.15, 0.2) is 24.3 Å². The van der Waals surface area contributed by atoms with Gasteiger partial charge < -0.3 is 14.7 Å². The Bertz CT molecular complexity index is 543. The molecule has 1 aromatic rings. The van der Waals surface area contributed by atoms with Gasteiger partial charge in [0.1, 0.15) is 5.75 Å². The zero-order valence-electron chi connectivity index (χ0n) is 12.5. The van der Waals surface area contributed by atoms with E-state index in [1.807, 2.05) is 25.1 Å². The summed E-state index contributed by atoms with van der Waals surface area (Å²) in [6.45, 7) is 4.43. The van der Waals surface area contributed by atoms with Crippen LogP contribution in [-0.4, -0.2) is 41.6 Å². The summed E-state index contributed by atoms with van der Waals surface area (Å²) in [6, 6.07) is 7.50. The fraction of sp³-hybridized carbons (Fsp3) is 0.500. The molecule has 0 aliphatic carbocycles. The number of amides is 1. The molecule has 5 nitrogen and oxygen atoms in total. The van der Waals surface area contributed by atoms with Gasteiger partial charge in [-0.1, -0.05) is 12.1 Å². The predicted octanol–water partition coefficient (Wildman–Crippen LogP) is 2.09. The quantitative estimate of drug-likeness (QED) is 0.922. The van der Waals surface area contributed by atoms with Crippen LogP contribution in [0.4, 0.5) is 0 Å². The second kappa shape index (κ2) is 6.16. The summed E-state index contributed by atoms with van der Waals surface area (Å²) >= 11 is 0. The van der Waals surface area contributed by atoms with Gasteiger partial charge in [-0.2, -0.15) is 0 Å². The van der Waals surface area contributed by atoms with Crippen LogP contribution in [0.1, 0.15) is 25.3 Å². The van der Waals surface area contributed by atoms with Crippen LogP contribution in [0, 0.1) is 12.3 Å². The molecular formula is C16H21NO4. The smallest absolute Gasteiger partial charge is 0.311 e. The van der Waals surface area contributed by atoms with Gasteiger partial charge in [0.2, 0.25) is 0 Å². The molecule has 1 aromatic carbocycles. The molecule has 0 bridgehead atoms. The summed E-state index contributed by atoms with van der Waals surface area (Å²) in [6.07, 6.45) is 1.31. The molecule has 1 aliphatic rings. The van der Waals surface area contributed by atoms with Gasteiger partial charge in [-0.25, -0.2) is 0 Å². The van der Waals surface area contributed by atoms with Crippen LogP contribution in [0.25, 0.3) is 0 Å². The van der Waals surface area contributed by atoms with Gasteiger partial charge >= 0.3 is 5.97 Å². The van der Waals surface area contributed by atoms with Crippen LogP contribution in [-0.2, 0) is 9.59 Å². The van der Waals surface area contributed by atoms with Crippen molar-refractivity contribution in [2.24, 2.45) is 5.41 Å². The number of carbonyl (C=O) groups excluding carboxylic acids is 1. The summed E-state index contributed by atoms with van der Waals surface area (Å²) in [7, 11) is 0. The molecular weight excluding hydrogens is 270 g/mol. The third kappa shape index (κ3) is 3.74. The molecule has 0 radical (unpaired) electrons. The molecule has 114 valence electrons. The van der Waals surface area contributed by atoms with Gasteiger partial charge in [-0.3, -0.25) is 9.59 Å². The number of hydrogen-bond acceptors (Lipinski definition) is 3. The molecule has 0 saturated carbocycles. The number of hydrogen-bond donors (Lipinski definition) is 1. The van der Waals surface area contributed by atoms with E-state index in [-0.39, 0.29) is 19.1 Å². The van der Waals surface area contributed by atoms with Crippen molar-refractivity contribution >= 4 is 11.9 Å². The Morgan fingerprint density at radius 1 is 1.43 bits per heavy atom. The van der Waals surface area contributed by atoms with E-state index in [4.69, 9.17) is 4.74 Å². The molecule has 2 rings (SSSR count). The molecule has 21 heavy (non-hydrogen) atoms. The van der Waals surface area contributed by atoms with Crippen molar-refractivity contribution in [2.75, 3.05) is 19.7 Å². The first kappa shape index (κ1) is 15.4. The molecule has 1 atom stereocenters. The number of aryl methyl sites for hydroxylation is 1. The van der Waals surface area contributed by atoms with Crippen molar-refractivity contribution in [2.45, 2.75) is 26.7 Å². The first-order valence-corrected chi connectivity index (χ1v) is 7.11. The molecule has 5 heteroatoms. The summed E-state index contributed by atoms with van der Waals surface area (Å²) in [5.74, 6) is -0.357. The summed E-state index contributed by atoms with van der Waals surface area (Å²) in [5, 5.41) is 9.27. The van der Waals surface area contributed by atoms with Crippen molar-refractivity contribution in [3.8, 4) is 5.75 Å². The highest BCUT2D eigenvalue weighted by atomic mass is 16.5. The highest BCUT2D eigenvalue weighted by Crippen LogP contribution is 2.29. The third-order valence-corrected chi connectivity index (χ3v) is 3.92. The molecule has 1 fully saturated rings. The van der Waals surface area contributed by atoms with Crippen molar-refractivity contribution in [3.63, 3.8) is 0 Å². The number of ether oxygens (including phenoxy) is 1. The lowest BCUT2D eigenvalue weighted by atomic mass is 9.82. The van der Waals surface area contributed by atoms with Crippen molar-refractivity contribution in [1.82, 2.24) is 4.90 Å². The van der Waals surface area contributed by atoms with Crippen molar-refractivity contribution < 1.29 is 19.4 Å². The zero-order chi connectivity index (χ0) is 15.5. The maximum absolute atomic E-state index is 12.2. The summed E-state index contributed by atoms with van der Waals surface area (Å²) < 4.78 is 5.49. The number of carboxylic acids is 1. The Balaban J connectivity index is 1.93. The van der Waals surface area contributed by atoms with E-state index in [2.05, 4.69) is 0 Å². The second-order valence-electron chi connectivity index (χ2n) is 5.89. The fourth-order valence-electron chi connectivity index (χ4n) is 2.57. The number of aliphatic carboxylic acids is 1. The van der Waals surface area contributed by atoms with Crippen LogP contribution < -0.4 is 4.74 Å². The van der Waals surface area contributed by atoms with Gasteiger partial charge in [-0.15, -0.1) is 0 Å². The number of carboxylic acid groups (broad SMARTS) is 1. The molecule has 1 heterocycles. The standard InChI is InChI=1S/C16H21NO4/c1-12-5-3-6-13(9-12)21-10-14(18)17-8-4-7-16(2,11-17)15(19)20/h3,5-6,9H,4,7-8,10-11H2,1-2H3,(H,19,20). The number of nitrogens with zero attached hydrogens (tertiary/aromatic N) is 1. The van der Waals surface area contributed by atoms with Gasteiger partial charge in [0.25, 0.3) is 5.91 Å². The monoisotopic (exact) mass is 291 g/mol. The van der Waals surface area contributed by atoms with E-state index >= 15 is 0 Å². The maximum Gasteiger partial charge on any atom is 0.311 e. The summed E-state index contributed by atoms with van der Waals surface area (Å²) in [5.41, 5.74) is 0.216. The van der Waals surface area contributed by atoms with Crippen molar-refractivity contribution in [1.29, 1.82) is 0 Å². The summed E-state index contributed by atoms with van der Waals surface area (Å²) in [4.78, 5) is 25.1. The minimum atomic E-state index is -0.850. The molecule has 0 spiro atoms. The molecule has 1 N–H and O–H groups in total. The molecule has 1 unspecified atom stereocenters. The highest BCUT2D eigenvalue weighted by Gasteiger charge is 2.39. The Kier molecular flexibility index (Phi) is 4.50. The SMILES string of the molecule is Cc1cccc(OCC(=O)N2CCCC(C)(C(=O)O)C2)c1. The second-order valence-corrected chi connectivity index (χ2v) is 5.89. The number of rotatable bonds is 4. The van der Waals surface area contributed by atoms with E-state index < -0.39 is 11.4 Å². The van der Waals surface area contributed by atoms with Gasteiger partial charge in [0, 0.05) is 13.1 Å². The number of likely N-dealkylation sites (tertiary alicyclic amines) is 1. The van der Waals surface area contributed by atoms with E-state index in [0.717, 1.165) is 5.56 Å². The molecule has 1 saturated heterocycles. The van der Waals surface area contributed by atoms with E-state index in [9.17, 15) is 14.7 Å². The molecule has 0 aromatic heterocycles. The Morgan fingerprint density at radius 3 is 2.86 bits per heavy atom. The first-order valence-electron chi connectivity index (χ1n) is 7.11. The topological polar surface area (TPSA) is 66.8 Å². The third-order valence-electron chi connectivity index (χ3n) is 3.92. The van der Waals surface area contributed by atoms with E-state index in [1.54, 1.807) is 17.9 Å². The van der Waals surface area contributed by atoms with E-state index in [0.29, 0.717) is 25.1 Å². The minimum Gasteiger partial charge on any atom is -0.484 e. The predicted molar refractivity (Wildman–Crippen MR) is 78.2 cm³/mol. The first-order chi connectivity index (χ1) is 9.90. The van der Waals surface area contributed by atoms with Crippen molar-refractivity contribution in [3.05, 3.63) is 29.8 Å². The Labute approximate surface area is 124 Å². The Hall–Kier alpha value is -2.04. The average Bonchev–Trinajstić information content (AvgIpc) is 2.45. The largest absolute Gasteiger partial charge is 0.484 e. The highest BCUT2D eigenvalue weighted by molar-refractivity contribution is 5.80. The van der Waals surface area contributed by atoms with Gasteiger partial charge in [0.05, 0.1) is 5.41 Å². The van der Waals surface area contributed by atoms with Gasteiger partial charge in [0.15, 0.2) is 6.61 Å². The van der Waals surface area contributed by atoms with Crippen LogP contribution in [0.3, 0.4) is 0 Å².